The average Bonchev–Trinajstić information content (AvgIpc) is 3.01. The van der Waals surface area contributed by atoms with E-state index in [4.69, 9.17) is 4.74 Å². The van der Waals surface area contributed by atoms with Crippen LogP contribution in [0.15, 0.2) is 79.4 Å². The first kappa shape index (κ1) is 12.6. The molecule has 0 saturated heterocycles. The monoisotopic (exact) mass is 287 g/mol. The zero-order valence-corrected chi connectivity index (χ0v) is 11.8. The topological polar surface area (TPSA) is 39.9 Å². The molecule has 0 saturated carbocycles. The molecule has 2 aromatic carbocycles. The van der Waals surface area contributed by atoms with Crippen LogP contribution < -0.4 is 4.74 Å². The van der Waals surface area contributed by atoms with E-state index in [1.807, 2.05) is 77.6 Å². The first-order valence-electron chi connectivity index (χ1n) is 7.00. The van der Waals surface area contributed by atoms with Gasteiger partial charge in [-0.15, -0.1) is 0 Å². The summed E-state index contributed by atoms with van der Waals surface area (Å²) in [7, 11) is 0. The van der Waals surface area contributed by atoms with Gasteiger partial charge in [-0.2, -0.15) is 0 Å². The zero-order valence-electron chi connectivity index (χ0n) is 11.8. The minimum atomic E-state index is 0.807. The lowest BCUT2D eigenvalue weighted by Gasteiger charge is -2.08. The summed E-state index contributed by atoms with van der Waals surface area (Å²) >= 11 is 0. The lowest BCUT2D eigenvalue weighted by atomic mass is 10.3. The molecule has 0 aliphatic heterocycles. The number of hydrogen-bond donors (Lipinski definition) is 0. The third kappa shape index (κ3) is 2.31. The maximum Gasteiger partial charge on any atom is 0.147 e. The number of benzene rings is 2. The largest absolute Gasteiger partial charge is 0.457 e. The molecule has 0 spiro atoms. The van der Waals surface area contributed by atoms with Crippen LogP contribution in [0.1, 0.15) is 0 Å². The smallest absolute Gasteiger partial charge is 0.147 e. The van der Waals surface area contributed by atoms with Crippen LogP contribution in [-0.4, -0.2) is 14.5 Å². The molecule has 106 valence electrons. The van der Waals surface area contributed by atoms with Gasteiger partial charge in [0.05, 0.1) is 0 Å². The van der Waals surface area contributed by atoms with Crippen molar-refractivity contribution in [3.8, 4) is 17.2 Å². The third-order valence-electron chi connectivity index (χ3n) is 3.44. The molecule has 0 N–H and O–H groups in total. The fraction of sp³-hybridized carbons (Fsp3) is 0. The van der Waals surface area contributed by atoms with Gasteiger partial charge >= 0.3 is 0 Å². The summed E-state index contributed by atoms with van der Waals surface area (Å²) in [6.45, 7) is 0. The van der Waals surface area contributed by atoms with Crippen LogP contribution in [0, 0.1) is 0 Å². The third-order valence-corrected chi connectivity index (χ3v) is 3.44. The Labute approximate surface area is 127 Å². The van der Waals surface area contributed by atoms with Crippen LogP contribution in [0.2, 0.25) is 0 Å². The van der Waals surface area contributed by atoms with E-state index in [9.17, 15) is 0 Å². The first-order chi connectivity index (χ1) is 10.9. The molecule has 0 aliphatic carbocycles. The Morgan fingerprint density at radius 2 is 1.59 bits per heavy atom. The summed E-state index contributed by atoms with van der Waals surface area (Å²) in [6.07, 6.45) is 5.36. The number of nitrogens with zero attached hydrogens (tertiary/aromatic N) is 3. The van der Waals surface area contributed by atoms with Crippen LogP contribution in [0.25, 0.3) is 16.7 Å². The molecule has 0 amide bonds. The summed E-state index contributed by atoms with van der Waals surface area (Å²) in [5.41, 5.74) is 1.93. The Morgan fingerprint density at radius 3 is 2.41 bits per heavy atom. The second-order valence-corrected chi connectivity index (χ2v) is 4.90. The van der Waals surface area contributed by atoms with Gasteiger partial charge in [0.15, 0.2) is 0 Å². The van der Waals surface area contributed by atoms with Gasteiger partial charge in [0.2, 0.25) is 0 Å². The SMILES string of the molecule is c1ccc(Oc2ccc(-n3ccc4cncnc43)cc2)cc1. The number of rotatable bonds is 3. The van der Waals surface area contributed by atoms with Crippen molar-refractivity contribution in [2.45, 2.75) is 0 Å². The highest BCUT2D eigenvalue weighted by atomic mass is 16.5. The van der Waals surface area contributed by atoms with Crippen LogP contribution in [0.5, 0.6) is 11.5 Å². The molecule has 2 heterocycles. The number of para-hydroxylation sites is 1. The average molecular weight is 287 g/mol. The Hall–Kier alpha value is -3.14. The molecule has 0 atom stereocenters. The van der Waals surface area contributed by atoms with Gasteiger partial charge in [0.1, 0.15) is 23.5 Å². The molecule has 0 bridgehead atoms. The number of aromatic nitrogens is 3. The van der Waals surface area contributed by atoms with Crippen LogP contribution in [0.3, 0.4) is 0 Å². The van der Waals surface area contributed by atoms with E-state index in [1.165, 1.54) is 0 Å². The minimum Gasteiger partial charge on any atom is -0.457 e. The van der Waals surface area contributed by atoms with Gasteiger partial charge in [-0.1, -0.05) is 18.2 Å². The highest BCUT2D eigenvalue weighted by Gasteiger charge is 2.04. The van der Waals surface area contributed by atoms with Gasteiger partial charge < -0.3 is 9.30 Å². The summed E-state index contributed by atoms with van der Waals surface area (Å²) in [6, 6.07) is 19.7. The molecule has 4 rings (SSSR count). The van der Waals surface area contributed by atoms with Crippen LogP contribution >= 0.6 is 0 Å². The van der Waals surface area contributed by atoms with E-state index in [1.54, 1.807) is 6.33 Å². The number of ether oxygens (including phenoxy) is 1. The fourth-order valence-corrected chi connectivity index (χ4v) is 2.39. The molecule has 4 heteroatoms. The van der Waals surface area contributed by atoms with Gasteiger partial charge in [-0.25, -0.2) is 9.97 Å². The van der Waals surface area contributed by atoms with Gasteiger partial charge in [-0.3, -0.25) is 0 Å². The molecule has 0 aliphatic rings. The van der Waals surface area contributed by atoms with Crippen molar-refractivity contribution in [2.24, 2.45) is 0 Å². The van der Waals surface area contributed by atoms with Crippen molar-refractivity contribution in [2.75, 3.05) is 0 Å². The fourth-order valence-electron chi connectivity index (χ4n) is 2.39. The standard InChI is InChI=1S/C18H13N3O/c1-2-4-16(5-3-1)22-17-8-6-15(7-9-17)21-11-10-14-12-19-13-20-18(14)21/h1-13H. The van der Waals surface area contributed by atoms with Crippen molar-refractivity contribution in [1.29, 1.82) is 0 Å². The molecule has 0 radical (unpaired) electrons. The maximum absolute atomic E-state index is 5.80. The molecule has 0 fully saturated rings. The van der Waals surface area contributed by atoms with E-state index < -0.39 is 0 Å². The summed E-state index contributed by atoms with van der Waals surface area (Å²) in [5.74, 6) is 1.63. The van der Waals surface area contributed by atoms with E-state index in [0.717, 1.165) is 28.2 Å². The molecular formula is C18H13N3O. The zero-order chi connectivity index (χ0) is 14.8. The predicted octanol–water partition coefficient (Wildman–Crippen LogP) is 4.21. The summed E-state index contributed by atoms with van der Waals surface area (Å²) < 4.78 is 7.83. The molecule has 22 heavy (non-hydrogen) atoms. The van der Waals surface area contributed by atoms with E-state index >= 15 is 0 Å². The van der Waals surface area contributed by atoms with Crippen molar-refractivity contribution >= 4 is 11.0 Å². The maximum atomic E-state index is 5.80. The first-order valence-corrected chi connectivity index (χ1v) is 7.00. The molecule has 0 unspecified atom stereocenters. The van der Waals surface area contributed by atoms with E-state index in [0.29, 0.717) is 0 Å². The normalized spacial score (nSPS) is 10.7. The van der Waals surface area contributed by atoms with E-state index in [2.05, 4.69) is 9.97 Å². The van der Waals surface area contributed by atoms with Gasteiger partial charge in [-0.05, 0) is 42.5 Å². The molecule has 2 aromatic heterocycles. The highest BCUT2D eigenvalue weighted by Crippen LogP contribution is 2.24. The van der Waals surface area contributed by atoms with Crippen LogP contribution in [-0.2, 0) is 0 Å². The Balaban J connectivity index is 1.64. The van der Waals surface area contributed by atoms with Gasteiger partial charge in [0, 0.05) is 23.5 Å². The lowest BCUT2D eigenvalue weighted by Crippen LogP contribution is -1.94. The Morgan fingerprint density at radius 1 is 0.818 bits per heavy atom. The Bertz CT molecular complexity index is 898. The highest BCUT2D eigenvalue weighted by molar-refractivity contribution is 5.76. The van der Waals surface area contributed by atoms with Gasteiger partial charge in [0.25, 0.3) is 0 Å². The van der Waals surface area contributed by atoms with Crippen LogP contribution in [0.4, 0.5) is 0 Å². The number of hydrogen-bond acceptors (Lipinski definition) is 3. The summed E-state index contributed by atoms with van der Waals surface area (Å²) in [4.78, 5) is 8.36. The lowest BCUT2D eigenvalue weighted by molar-refractivity contribution is 0.482. The molecule has 4 nitrogen and oxygen atoms in total. The van der Waals surface area contributed by atoms with E-state index in [-0.39, 0.29) is 0 Å². The van der Waals surface area contributed by atoms with Crippen molar-refractivity contribution in [3.05, 3.63) is 79.4 Å². The second-order valence-electron chi connectivity index (χ2n) is 4.90. The number of fused-ring (bicyclic) bond motifs is 1. The molecular weight excluding hydrogens is 274 g/mol. The van der Waals surface area contributed by atoms with Crippen molar-refractivity contribution < 1.29 is 4.74 Å². The predicted molar refractivity (Wildman–Crippen MR) is 85.4 cm³/mol. The quantitative estimate of drug-likeness (QED) is 0.566. The minimum absolute atomic E-state index is 0.807. The van der Waals surface area contributed by atoms with Crippen molar-refractivity contribution in [3.63, 3.8) is 0 Å². The van der Waals surface area contributed by atoms with Crippen molar-refractivity contribution in [1.82, 2.24) is 14.5 Å². The Kier molecular flexibility index (Phi) is 3.05. The summed E-state index contributed by atoms with van der Waals surface area (Å²) in [5, 5.41) is 1.02. The molecule has 4 aromatic rings. The second kappa shape index (κ2) is 5.33.